The van der Waals surface area contributed by atoms with Crippen LogP contribution in [0.1, 0.15) is 0 Å². The van der Waals surface area contributed by atoms with E-state index in [2.05, 4.69) is 19.5 Å². The van der Waals surface area contributed by atoms with Crippen LogP contribution in [0.5, 0.6) is 0 Å². The van der Waals surface area contributed by atoms with E-state index in [-0.39, 0.29) is 13.7 Å². The Morgan fingerprint density at radius 2 is 1.50 bits per heavy atom. The second kappa shape index (κ2) is 11.3. The van der Waals surface area contributed by atoms with Crippen LogP contribution in [0, 0.1) is 0 Å². The summed E-state index contributed by atoms with van der Waals surface area (Å²) in [7, 11) is 0. The van der Waals surface area contributed by atoms with Crippen LogP contribution in [0.25, 0.3) is 0 Å². The molecular weight excluding hydrogens is 425 g/mol. The molecule has 1 rings (SSSR count). The van der Waals surface area contributed by atoms with Crippen molar-refractivity contribution < 1.29 is 37.0 Å². The van der Waals surface area contributed by atoms with E-state index in [0.29, 0.717) is 0 Å². The molecular formula is C13H13F3N6O8. The molecule has 0 aliphatic rings. The van der Waals surface area contributed by atoms with Gasteiger partial charge in [-0.3, -0.25) is 0 Å². The molecule has 0 aromatic carbocycles. The van der Waals surface area contributed by atoms with Crippen molar-refractivity contribution in [1.29, 1.82) is 0 Å². The average molecular weight is 438 g/mol. The summed E-state index contributed by atoms with van der Waals surface area (Å²) in [4.78, 5) is 74.6. The molecule has 1 aromatic rings. The van der Waals surface area contributed by atoms with Crippen molar-refractivity contribution in [3.8, 4) is 0 Å². The third-order valence-corrected chi connectivity index (χ3v) is 3.08. The molecule has 1 amide bonds. The maximum atomic E-state index is 13.1. The highest BCUT2D eigenvalue weighted by molar-refractivity contribution is 5.66. The first-order valence-corrected chi connectivity index (χ1v) is 7.68. The van der Waals surface area contributed by atoms with Crippen LogP contribution in [-0.4, -0.2) is 58.0 Å². The molecule has 0 aliphatic carbocycles. The van der Waals surface area contributed by atoms with Gasteiger partial charge in [-0.2, -0.15) is 18.8 Å². The lowest BCUT2D eigenvalue weighted by Gasteiger charge is -2.16. The van der Waals surface area contributed by atoms with Crippen molar-refractivity contribution in [2.75, 3.05) is 19.9 Å². The highest BCUT2D eigenvalue weighted by Crippen LogP contribution is 2.15. The Morgan fingerprint density at radius 3 is 1.97 bits per heavy atom. The molecule has 14 nitrogen and oxygen atoms in total. The molecule has 0 unspecified atom stereocenters. The van der Waals surface area contributed by atoms with E-state index in [1.807, 2.05) is 0 Å². The first kappa shape index (κ1) is 24.2. The number of aromatic nitrogens is 3. The van der Waals surface area contributed by atoms with Gasteiger partial charge in [0.25, 0.3) is 0 Å². The largest absolute Gasteiger partial charge is 0.440 e. The predicted molar refractivity (Wildman–Crippen MR) is 86.8 cm³/mol. The Balaban J connectivity index is 3.08. The third-order valence-electron chi connectivity index (χ3n) is 3.08. The zero-order chi connectivity index (χ0) is 22.7. The van der Waals surface area contributed by atoms with Crippen LogP contribution in [0.3, 0.4) is 0 Å². The second-order valence-electron chi connectivity index (χ2n) is 5.00. The van der Waals surface area contributed by atoms with Crippen molar-refractivity contribution in [1.82, 2.24) is 19.0 Å². The fourth-order valence-electron chi connectivity index (χ4n) is 1.83. The van der Waals surface area contributed by atoms with Crippen LogP contribution >= 0.6 is 0 Å². The summed E-state index contributed by atoms with van der Waals surface area (Å²) in [6.07, 6.45) is -3.39. The molecule has 0 saturated carbocycles. The SMILES string of the molecule is O=C=NCn1c(=O)n(CN=C=O)c(=O)n(CNC(=O)OCC(F)(F)OCCF)c1=O. The molecule has 1 aromatic heterocycles. The number of rotatable bonds is 11. The van der Waals surface area contributed by atoms with Gasteiger partial charge in [0.1, 0.15) is 26.7 Å². The number of amides is 1. The van der Waals surface area contributed by atoms with Crippen molar-refractivity contribution in [2.45, 2.75) is 26.1 Å². The van der Waals surface area contributed by atoms with E-state index >= 15 is 0 Å². The fourth-order valence-corrected chi connectivity index (χ4v) is 1.83. The van der Waals surface area contributed by atoms with Crippen LogP contribution in [0.4, 0.5) is 18.0 Å². The van der Waals surface area contributed by atoms with Crippen molar-refractivity contribution >= 4 is 18.3 Å². The molecule has 17 heteroatoms. The van der Waals surface area contributed by atoms with E-state index in [4.69, 9.17) is 0 Å². The average Bonchev–Trinajstić information content (AvgIpc) is 2.70. The van der Waals surface area contributed by atoms with Gasteiger partial charge >= 0.3 is 29.3 Å². The summed E-state index contributed by atoms with van der Waals surface area (Å²) in [5.74, 6) is 0. The smallest absolute Gasteiger partial charge is 0.408 e. The molecule has 30 heavy (non-hydrogen) atoms. The van der Waals surface area contributed by atoms with Gasteiger partial charge in [-0.05, 0) is 0 Å². The number of aliphatic imine (C=N–C) groups is 2. The molecule has 1 N–H and O–H groups in total. The van der Waals surface area contributed by atoms with Gasteiger partial charge in [-0.1, -0.05) is 0 Å². The zero-order valence-corrected chi connectivity index (χ0v) is 14.9. The van der Waals surface area contributed by atoms with E-state index in [1.54, 1.807) is 5.32 Å². The number of alkyl halides is 3. The standard InChI is InChI=1S/C13H13F3N6O8/c14-1-2-30-13(15,16)3-29-9(25)19-6-22-11(27)20(4-17-7-23)10(26)21(12(22)28)5-18-8-24/h1-6H2,(H,19,25). The van der Waals surface area contributed by atoms with Gasteiger partial charge in [0.15, 0.2) is 6.61 Å². The monoisotopic (exact) mass is 438 g/mol. The molecule has 0 saturated heterocycles. The summed E-state index contributed by atoms with van der Waals surface area (Å²) in [5, 5.41) is 1.79. The number of hydrogen-bond donors (Lipinski definition) is 1. The number of nitrogens with zero attached hydrogens (tertiary/aromatic N) is 5. The normalized spacial score (nSPS) is 10.6. The number of carbonyl (C=O) groups is 1. The minimum atomic E-state index is -3.99. The Kier molecular flexibility index (Phi) is 9.09. The highest BCUT2D eigenvalue weighted by Gasteiger charge is 2.32. The van der Waals surface area contributed by atoms with Gasteiger partial charge in [0.2, 0.25) is 12.2 Å². The van der Waals surface area contributed by atoms with Gasteiger partial charge in [0, 0.05) is 0 Å². The molecule has 1 heterocycles. The van der Waals surface area contributed by atoms with Crippen LogP contribution < -0.4 is 22.4 Å². The number of isocyanates is 2. The Morgan fingerprint density at radius 1 is 1.00 bits per heavy atom. The minimum absolute atomic E-state index is 0.237. The molecule has 0 spiro atoms. The maximum Gasteiger partial charge on any atom is 0.408 e. The molecule has 0 bridgehead atoms. The van der Waals surface area contributed by atoms with Gasteiger partial charge in [-0.15, -0.1) is 0 Å². The lowest BCUT2D eigenvalue weighted by atomic mass is 10.6. The summed E-state index contributed by atoms with van der Waals surface area (Å²) in [6.45, 7) is -6.41. The predicted octanol–water partition coefficient (Wildman–Crippen LogP) is -1.98. The second-order valence-corrected chi connectivity index (χ2v) is 5.00. The summed E-state index contributed by atoms with van der Waals surface area (Å²) >= 11 is 0. The first-order chi connectivity index (χ1) is 14.2. The fraction of sp³-hybridized carbons (Fsp3) is 0.538. The molecule has 0 radical (unpaired) electrons. The maximum absolute atomic E-state index is 13.1. The molecule has 164 valence electrons. The third kappa shape index (κ3) is 6.66. The Bertz CT molecular complexity index is 977. The number of hydrogen-bond acceptors (Lipinski definition) is 10. The number of alkyl carbamates (subject to hydrolysis) is 1. The van der Waals surface area contributed by atoms with E-state index < -0.39 is 69.2 Å². The van der Waals surface area contributed by atoms with Crippen molar-refractivity contribution in [2.24, 2.45) is 9.98 Å². The lowest BCUT2D eigenvalue weighted by molar-refractivity contribution is -0.257. The van der Waals surface area contributed by atoms with E-state index in [0.717, 1.165) is 12.2 Å². The highest BCUT2D eigenvalue weighted by atomic mass is 19.3. The van der Waals surface area contributed by atoms with Crippen LogP contribution in [0.15, 0.2) is 24.4 Å². The van der Waals surface area contributed by atoms with Crippen molar-refractivity contribution in [3.05, 3.63) is 31.5 Å². The number of halogens is 3. The summed E-state index contributed by atoms with van der Waals surface area (Å²) < 4.78 is 46.8. The van der Waals surface area contributed by atoms with Gasteiger partial charge in [0.05, 0.1) is 6.61 Å². The van der Waals surface area contributed by atoms with Crippen LogP contribution in [0.2, 0.25) is 0 Å². The summed E-state index contributed by atoms with van der Waals surface area (Å²) in [6, 6.07) is 0. The Labute approximate surface area is 162 Å². The number of nitrogens with one attached hydrogen (secondary N) is 1. The zero-order valence-electron chi connectivity index (χ0n) is 14.9. The van der Waals surface area contributed by atoms with E-state index in [1.165, 1.54) is 0 Å². The summed E-state index contributed by atoms with van der Waals surface area (Å²) in [5.41, 5.74) is -3.97. The molecule has 0 atom stereocenters. The molecule has 0 aliphatic heterocycles. The first-order valence-electron chi connectivity index (χ1n) is 7.68. The quantitative estimate of drug-likeness (QED) is 0.306. The van der Waals surface area contributed by atoms with Crippen LogP contribution in [-0.2, 0) is 39.1 Å². The minimum Gasteiger partial charge on any atom is -0.440 e. The topological polar surface area (TPSA) is 172 Å². The Hall–Kier alpha value is -3.81. The van der Waals surface area contributed by atoms with Crippen molar-refractivity contribution in [3.63, 3.8) is 0 Å². The van der Waals surface area contributed by atoms with Gasteiger partial charge in [-0.25, -0.2) is 46.9 Å². The van der Waals surface area contributed by atoms with Gasteiger partial charge < -0.3 is 14.8 Å². The number of carbonyl (C=O) groups excluding carboxylic acids is 3. The number of ether oxygens (including phenoxy) is 2. The van der Waals surface area contributed by atoms with E-state index in [9.17, 15) is 41.9 Å². The lowest BCUT2D eigenvalue weighted by Crippen LogP contribution is -2.56. The molecule has 0 fully saturated rings.